The molecule has 0 aromatic heterocycles. The second-order valence-electron chi connectivity index (χ2n) is 2.63. The number of carboxylic acids is 1. The van der Waals surface area contributed by atoms with Crippen LogP contribution in [0.4, 0.5) is 0 Å². The van der Waals surface area contributed by atoms with E-state index >= 15 is 0 Å². The molecule has 0 aliphatic heterocycles. The Hall–Kier alpha value is 1.09. The summed E-state index contributed by atoms with van der Waals surface area (Å²) in [5.41, 5.74) is 0.179. The van der Waals surface area contributed by atoms with Gasteiger partial charge in [-0.25, -0.2) is 0 Å². The molecule has 0 saturated heterocycles. The van der Waals surface area contributed by atoms with Gasteiger partial charge in [-0.05, 0) is 41.3 Å². The van der Waals surface area contributed by atoms with Gasteiger partial charge in [-0.2, -0.15) is 0 Å². The normalized spacial score (nSPS) is 10.9. The molecule has 4 nitrogen and oxygen atoms in total. The van der Waals surface area contributed by atoms with Crippen molar-refractivity contribution < 1.29 is 77.8 Å². The zero-order valence-electron chi connectivity index (χ0n) is 9.07. The molecule has 1 aromatic carbocycles. The number of carbonyl (C=O) groups is 1. The second-order valence-corrected chi connectivity index (χ2v) is 3.91. The van der Waals surface area contributed by atoms with E-state index in [9.17, 15) is 18.7 Å². The van der Waals surface area contributed by atoms with E-state index in [-0.39, 0.29) is 74.6 Å². The molecule has 0 aliphatic carbocycles. The van der Waals surface area contributed by atoms with Crippen molar-refractivity contribution in [2.45, 2.75) is 11.8 Å². The molecule has 0 heterocycles. The summed E-state index contributed by atoms with van der Waals surface area (Å²) in [6.45, 7) is 1.52. The SMILES string of the molecule is Cc1cc(C(=O)[O-])cc(S(=O)[O-])c1Cl.[Na+].[Na+]. The monoisotopic (exact) mass is 278 g/mol. The standard InChI is InChI=1S/C8H7ClO4S.2Na/c1-4-2-5(8(10)11)3-6(7(4)9)14(12)13;;/h2-3H,1H3,(H,10,11)(H,12,13);;/q;2*+1/p-2. The van der Waals surface area contributed by atoms with E-state index in [1.165, 1.54) is 13.0 Å². The number of rotatable bonds is 2. The van der Waals surface area contributed by atoms with Gasteiger partial charge in [0.05, 0.1) is 11.0 Å². The maximum Gasteiger partial charge on any atom is 1.00 e. The maximum absolute atomic E-state index is 10.7. The molecule has 1 aromatic rings. The molecule has 0 radical (unpaired) electrons. The topological polar surface area (TPSA) is 80.3 Å². The van der Waals surface area contributed by atoms with Crippen molar-refractivity contribution in [2.75, 3.05) is 0 Å². The van der Waals surface area contributed by atoms with Crippen LogP contribution < -0.4 is 64.2 Å². The zero-order valence-corrected chi connectivity index (χ0v) is 14.6. The molecule has 16 heavy (non-hydrogen) atoms. The Labute approximate surface area is 145 Å². The van der Waals surface area contributed by atoms with E-state index in [2.05, 4.69) is 0 Å². The minimum absolute atomic E-state index is 0. The van der Waals surface area contributed by atoms with Crippen LogP contribution in [0.25, 0.3) is 0 Å². The van der Waals surface area contributed by atoms with Gasteiger partial charge in [-0.3, -0.25) is 4.21 Å². The third-order valence-electron chi connectivity index (χ3n) is 1.64. The Morgan fingerprint density at radius 3 is 2.25 bits per heavy atom. The fourth-order valence-corrected chi connectivity index (χ4v) is 1.80. The summed E-state index contributed by atoms with van der Waals surface area (Å²) in [6.07, 6.45) is 0. The van der Waals surface area contributed by atoms with Gasteiger partial charge in [0, 0.05) is 4.90 Å². The first kappa shape index (κ1) is 19.4. The average molecular weight is 279 g/mol. The molecule has 0 amide bonds. The predicted molar refractivity (Wildman–Crippen MR) is 47.7 cm³/mol. The van der Waals surface area contributed by atoms with Gasteiger partial charge in [0.2, 0.25) is 0 Å². The first-order valence-electron chi connectivity index (χ1n) is 3.54. The van der Waals surface area contributed by atoms with Crippen molar-refractivity contribution in [3.05, 3.63) is 28.3 Å². The van der Waals surface area contributed by atoms with E-state index in [0.29, 0.717) is 5.56 Å². The average Bonchev–Trinajstić information content (AvgIpc) is 2.08. The van der Waals surface area contributed by atoms with Crippen LogP contribution in [0.1, 0.15) is 15.9 Å². The van der Waals surface area contributed by atoms with Gasteiger partial charge >= 0.3 is 59.1 Å². The summed E-state index contributed by atoms with van der Waals surface area (Å²) in [5.74, 6) is -1.43. The van der Waals surface area contributed by atoms with Crippen molar-refractivity contribution in [3.63, 3.8) is 0 Å². The Kier molecular flexibility index (Phi) is 10.0. The fraction of sp³-hybridized carbons (Fsp3) is 0.125. The molecule has 0 bridgehead atoms. The van der Waals surface area contributed by atoms with E-state index in [1.54, 1.807) is 0 Å². The van der Waals surface area contributed by atoms with Crippen LogP contribution in [-0.2, 0) is 11.1 Å². The summed E-state index contributed by atoms with van der Waals surface area (Å²) in [7, 11) is 0. The minimum atomic E-state index is -2.55. The number of halogens is 1. The molecule has 0 aliphatic rings. The number of carbonyl (C=O) groups excluding carboxylic acids is 1. The summed E-state index contributed by atoms with van der Waals surface area (Å²) in [5, 5.41) is 10.5. The van der Waals surface area contributed by atoms with Crippen LogP contribution in [0.15, 0.2) is 17.0 Å². The Balaban J connectivity index is 0. The van der Waals surface area contributed by atoms with E-state index < -0.39 is 17.0 Å². The van der Waals surface area contributed by atoms with Crippen LogP contribution in [0.5, 0.6) is 0 Å². The number of carboxylic acid groups (broad SMARTS) is 1. The number of hydrogen-bond donors (Lipinski definition) is 0. The summed E-state index contributed by atoms with van der Waals surface area (Å²) in [4.78, 5) is 10.3. The Bertz CT molecular complexity index is 425. The van der Waals surface area contributed by atoms with Crippen LogP contribution in [0, 0.1) is 6.92 Å². The van der Waals surface area contributed by atoms with Gasteiger partial charge in [-0.1, -0.05) is 11.6 Å². The molecule has 1 atom stereocenters. The van der Waals surface area contributed by atoms with E-state index in [4.69, 9.17) is 11.6 Å². The van der Waals surface area contributed by atoms with Gasteiger partial charge in [-0.15, -0.1) is 0 Å². The Morgan fingerprint density at radius 1 is 1.38 bits per heavy atom. The zero-order chi connectivity index (χ0) is 10.9. The van der Waals surface area contributed by atoms with Crippen LogP contribution in [0.3, 0.4) is 0 Å². The largest absolute Gasteiger partial charge is 1.00 e. The summed E-state index contributed by atoms with van der Waals surface area (Å²) in [6, 6.07) is 2.22. The Morgan fingerprint density at radius 2 is 1.88 bits per heavy atom. The van der Waals surface area contributed by atoms with Gasteiger partial charge in [0.1, 0.15) is 0 Å². The molecule has 1 unspecified atom stereocenters. The van der Waals surface area contributed by atoms with Crippen molar-refractivity contribution in [2.24, 2.45) is 0 Å². The van der Waals surface area contributed by atoms with Gasteiger partial charge in [0.25, 0.3) is 0 Å². The summed E-state index contributed by atoms with van der Waals surface area (Å²) >= 11 is 3.11. The third-order valence-corrected chi connectivity index (χ3v) is 2.93. The van der Waals surface area contributed by atoms with Crippen LogP contribution in [-0.4, -0.2) is 14.7 Å². The molecule has 0 N–H and O–H groups in total. The number of hydrogen-bond acceptors (Lipinski definition) is 4. The molecule has 0 spiro atoms. The van der Waals surface area contributed by atoms with Crippen molar-refractivity contribution in [1.82, 2.24) is 0 Å². The molecular formula is C8H5ClNa2O4S. The second kappa shape index (κ2) is 8.24. The molecule has 76 valence electrons. The van der Waals surface area contributed by atoms with Crippen molar-refractivity contribution in [3.8, 4) is 0 Å². The molecule has 0 fully saturated rings. The molecule has 1 rings (SSSR count). The predicted octanol–water partition coefficient (Wildman–Crippen LogP) is -5.74. The first-order valence-corrected chi connectivity index (χ1v) is 4.99. The summed E-state index contributed by atoms with van der Waals surface area (Å²) < 4.78 is 21.3. The number of aromatic carboxylic acids is 1. The molecule has 8 heteroatoms. The van der Waals surface area contributed by atoms with Gasteiger partial charge < -0.3 is 14.5 Å². The van der Waals surface area contributed by atoms with E-state index in [1.807, 2.05) is 0 Å². The maximum atomic E-state index is 10.7. The quantitative estimate of drug-likeness (QED) is 0.399. The first-order chi connectivity index (χ1) is 6.43. The van der Waals surface area contributed by atoms with Crippen LogP contribution in [0.2, 0.25) is 5.02 Å². The van der Waals surface area contributed by atoms with Crippen molar-refractivity contribution in [1.29, 1.82) is 0 Å². The van der Waals surface area contributed by atoms with E-state index in [0.717, 1.165) is 6.07 Å². The van der Waals surface area contributed by atoms with Crippen molar-refractivity contribution >= 4 is 28.7 Å². The third kappa shape index (κ3) is 4.76. The number of aryl methyl sites for hydroxylation is 1. The smallest absolute Gasteiger partial charge is 0.768 e. The van der Waals surface area contributed by atoms with Gasteiger partial charge in [0.15, 0.2) is 0 Å². The minimum Gasteiger partial charge on any atom is -0.768 e. The van der Waals surface area contributed by atoms with Crippen LogP contribution >= 0.6 is 11.6 Å². The fourth-order valence-electron chi connectivity index (χ4n) is 0.976. The molecular weight excluding hydrogens is 274 g/mol. The molecule has 0 saturated carbocycles. The number of benzene rings is 1.